The largest absolute Gasteiger partial charge is 0.316 e. The Balaban J connectivity index is 2.04. The van der Waals surface area contributed by atoms with Gasteiger partial charge in [0.2, 0.25) is 0 Å². The minimum absolute atomic E-state index is 0.0179. The summed E-state index contributed by atoms with van der Waals surface area (Å²) >= 11 is 3.30. The smallest absolute Gasteiger partial charge is 0.279 e. The molecule has 0 aliphatic carbocycles. The first kappa shape index (κ1) is 18.6. The highest BCUT2D eigenvalue weighted by atomic mass is 32.2. The van der Waals surface area contributed by atoms with E-state index in [4.69, 9.17) is 0 Å². The van der Waals surface area contributed by atoms with Gasteiger partial charge in [0, 0.05) is 23.4 Å². The highest BCUT2D eigenvalue weighted by Crippen LogP contribution is 2.19. The molecule has 1 heterocycles. The van der Waals surface area contributed by atoms with Gasteiger partial charge in [0.15, 0.2) is 10.6 Å². The predicted molar refractivity (Wildman–Crippen MR) is 109 cm³/mol. The molecule has 6 heteroatoms. The number of thiazole rings is 1. The van der Waals surface area contributed by atoms with Crippen molar-refractivity contribution in [1.82, 2.24) is 4.57 Å². The molecule has 3 aromatic rings. The van der Waals surface area contributed by atoms with Gasteiger partial charge >= 0.3 is 0 Å². The third-order valence-corrected chi connectivity index (χ3v) is 5.72. The monoisotopic (exact) mass is 384 g/mol. The van der Waals surface area contributed by atoms with Gasteiger partial charge in [-0.05, 0) is 49.9 Å². The van der Waals surface area contributed by atoms with Crippen molar-refractivity contribution in [3.63, 3.8) is 0 Å². The zero-order valence-corrected chi connectivity index (χ0v) is 16.6. The van der Waals surface area contributed by atoms with Crippen LogP contribution in [0.2, 0.25) is 0 Å². The first-order valence-electron chi connectivity index (χ1n) is 8.28. The highest BCUT2D eigenvalue weighted by molar-refractivity contribution is 7.98. The number of ketones is 1. The number of benzene rings is 2. The van der Waals surface area contributed by atoms with Crippen LogP contribution in [-0.4, -0.2) is 28.3 Å². The number of aromatic nitrogens is 1. The van der Waals surface area contributed by atoms with Crippen molar-refractivity contribution in [3.05, 3.63) is 64.0 Å². The summed E-state index contributed by atoms with van der Waals surface area (Å²) in [7, 11) is 0. The molecule has 0 atom stereocenters. The Labute approximate surface area is 160 Å². The van der Waals surface area contributed by atoms with Crippen LogP contribution in [0.15, 0.2) is 47.5 Å². The number of thioether (sulfide) groups is 1. The first-order chi connectivity index (χ1) is 12.5. The van der Waals surface area contributed by atoms with Crippen LogP contribution in [0, 0.1) is 6.92 Å². The lowest BCUT2D eigenvalue weighted by Crippen LogP contribution is -2.18. The minimum atomic E-state index is -0.290. The van der Waals surface area contributed by atoms with Crippen LogP contribution in [0.25, 0.3) is 10.2 Å². The molecular formula is C20H20N2O2S2. The Hall–Kier alpha value is -2.18. The third-order valence-electron chi connectivity index (χ3n) is 4.09. The van der Waals surface area contributed by atoms with Crippen molar-refractivity contribution < 1.29 is 9.59 Å². The number of rotatable bonds is 5. The summed E-state index contributed by atoms with van der Waals surface area (Å²) in [5.74, 6) is 0.644. The molecule has 0 saturated heterocycles. The topological polar surface area (TPSA) is 51.4 Å². The van der Waals surface area contributed by atoms with Crippen LogP contribution in [0.1, 0.15) is 33.2 Å². The van der Waals surface area contributed by atoms with E-state index in [1.54, 1.807) is 36.0 Å². The number of carbonyl (C=O) groups excluding carboxylic acids is 2. The van der Waals surface area contributed by atoms with Gasteiger partial charge < -0.3 is 4.57 Å². The molecule has 0 unspecified atom stereocenters. The molecule has 0 spiro atoms. The number of carbonyl (C=O) groups is 2. The Morgan fingerprint density at radius 2 is 1.81 bits per heavy atom. The fourth-order valence-electron chi connectivity index (χ4n) is 2.66. The van der Waals surface area contributed by atoms with Gasteiger partial charge in [0.05, 0.1) is 10.2 Å². The number of aryl methyl sites for hydroxylation is 2. The van der Waals surface area contributed by atoms with Gasteiger partial charge in [-0.2, -0.15) is 16.8 Å². The summed E-state index contributed by atoms with van der Waals surface area (Å²) in [4.78, 5) is 29.1. The summed E-state index contributed by atoms with van der Waals surface area (Å²) < 4.78 is 3.24. The van der Waals surface area contributed by atoms with Crippen molar-refractivity contribution in [2.75, 3.05) is 12.0 Å². The zero-order valence-electron chi connectivity index (χ0n) is 15.0. The van der Waals surface area contributed by atoms with Crippen LogP contribution >= 0.6 is 23.1 Å². The molecule has 0 aliphatic rings. The molecule has 0 radical (unpaired) electrons. The predicted octanol–water partition coefficient (Wildman–Crippen LogP) is 4.32. The molecule has 0 bridgehead atoms. The Kier molecular flexibility index (Phi) is 5.74. The lowest BCUT2D eigenvalue weighted by Gasteiger charge is -2.04. The Morgan fingerprint density at radius 3 is 2.46 bits per heavy atom. The van der Waals surface area contributed by atoms with E-state index in [1.165, 1.54) is 23.8 Å². The van der Waals surface area contributed by atoms with Gasteiger partial charge in [0.1, 0.15) is 0 Å². The lowest BCUT2D eigenvalue weighted by molar-refractivity contribution is 0.0991. The second-order valence-corrected chi connectivity index (χ2v) is 8.05. The molecule has 3 rings (SSSR count). The van der Waals surface area contributed by atoms with E-state index in [2.05, 4.69) is 40.9 Å². The molecule has 0 N–H and O–H groups in total. The molecule has 134 valence electrons. The van der Waals surface area contributed by atoms with Crippen molar-refractivity contribution in [3.8, 4) is 0 Å². The SMILES string of the molecule is CSCCn1c(=NC(=O)c2ccc(C(C)=O)cc2)sc2cc(C)ccc21. The van der Waals surface area contributed by atoms with E-state index in [0.29, 0.717) is 15.9 Å². The van der Waals surface area contributed by atoms with Gasteiger partial charge in [0.25, 0.3) is 5.91 Å². The molecule has 0 aliphatic heterocycles. The number of hydrogen-bond donors (Lipinski definition) is 0. The van der Waals surface area contributed by atoms with Gasteiger partial charge in [-0.15, -0.1) is 0 Å². The summed E-state index contributed by atoms with van der Waals surface area (Å²) in [5.41, 5.74) is 3.37. The van der Waals surface area contributed by atoms with E-state index in [0.717, 1.165) is 22.5 Å². The fourth-order valence-corrected chi connectivity index (χ4v) is 4.18. The maximum Gasteiger partial charge on any atom is 0.279 e. The average Bonchev–Trinajstić information content (AvgIpc) is 2.95. The molecule has 2 aromatic carbocycles. The number of hydrogen-bond acceptors (Lipinski definition) is 4. The number of fused-ring (bicyclic) bond motifs is 1. The van der Waals surface area contributed by atoms with E-state index in [-0.39, 0.29) is 11.7 Å². The van der Waals surface area contributed by atoms with Gasteiger partial charge in [-0.25, -0.2) is 0 Å². The second-order valence-electron chi connectivity index (χ2n) is 6.05. The van der Waals surface area contributed by atoms with Gasteiger partial charge in [-0.3, -0.25) is 9.59 Å². The Morgan fingerprint density at radius 1 is 1.12 bits per heavy atom. The van der Waals surface area contributed by atoms with Crippen molar-refractivity contribution in [2.45, 2.75) is 20.4 Å². The molecule has 0 fully saturated rings. The maximum atomic E-state index is 12.6. The summed E-state index contributed by atoms with van der Waals surface area (Å²) in [6.45, 7) is 4.37. The van der Waals surface area contributed by atoms with Crippen molar-refractivity contribution in [1.29, 1.82) is 0 Å². The van der Waals surface area contributed by atoms with E-state index >= 15 is 0 Å². The van der Waals surface area contributed by atoms with E-state index < -0.39 is 0 Å². The van der Waals surface area contributed by atoms with Crippen molar-refractivity contribution >= 4 is 45.0 Å². The summed E-state index contributed by atoms with van der Waals surface area (Å²) in [6, 6.07) is 12.9. The maximum absolute atomic E-state index is 12.6. The number of amides is 1. The molecular weight excluding hydrogens is 364 g/mol. The third kappa shape index (κ3) is 3.97. The van der Waals surface area contributed by atoms with Crippen LogP contribution in [0.3, 0.4) is 0 Å². The number of nitrogens with zero attached hydrogens (tertiary/aromatic N) is 2. The van der Waals surface area contributed by atoms with E-state index in [1.807, 2.05) is 0 Å². The minimum Gasteiger partial charge on any atom is -0.316 e. The normalized spacial score (nSPS) is 11.9. The molecule has 1 aromatic heterocycles. The molecule has 26 heavy (non-hydrogen) atoms. The standard InChI is InChI=1S/C20H20N2O2S2/c1-13-4-9-17-18(12-13)26-20(22(17)10-11-25-3)21-19(24)16-7-5-15(6-8-16)14(2)23/h4-9,12H,10-11H2,1-3H3. The second kappa shape index (κ2) is 8.01. The lowest BCUT2D eigenvalue weighted by atomic mass is 10.1. The van der Waals surface area contributed by atoms with Crippen LogP contribution in [-0.2, 0) is 6.54 Å². The zero-order chi connectivity index (χ0) is 18.7. The average molecular weight is 385 g/mol. The summed E-state index contributed by atoms with van der Waals surface area (Å²) in [5, 5.41) is 0. The van der Waals surface area contributed by atoms with Crippen LogP contribution in [0.4, 0.5) is 0 Å². The van der Waals surface area contributed by atoms with Crippen LogP contribution < -0.4 is 4.80 Å². The highest BCUT2D eigenvalue weighted by Gasteiger charge is 2.10. The van der Waals surface area contributed by atoms with E-state index in [9.17, 15) is 9.59 Å². The molecule has 1 amide bonds. The van der Waals surface area contributed by atoms with Gasteiger partial charge in [-0.1, -0.05) is 29.5 Å². The number of Topliss-reactive ketones (excluding diaryl/α,β-unsaturated/α-hetero) is 1. The fraction of sp³-hybridized carbons (Fsp3) is 0.250. The van der Waals surface area contributed by atoms with Crippen molar-refractivity contribution in [2.24, 2.45) is 4.99 Å². The summed E-state index contributed by atoms with van der Waals surface area (Å²) in [6.07, 6.45) is 2.07. The molecule has 0 saturated carbocycles. The molecule has 4 nitrogen and oxygen atoms in total. The Bertz CT molecular complexity index is 1030. The quantitative estimate of drug-likeness (QED) is 0.616. The van der Waals surface area contributed by atoms with Crippen LogP contribution in [0.5, 0.6) is 0 Å². The first-order valence-corrected chi connectivity index (χ1v) is 10.5.